The number of benzene rings is 1. The average molecular weight is 516 g/mol. The molecule has 0 radical (unpaired) electrons. The Balaban J connectivity index is 0.00000304. The van der Waals surface area contributed by atoms with Crippen molar-refractivity contribution in [3.63, 3.8) is 0 Å². The molecule has 36 heavy (non-hydrogen) atoms. The van der Waals surface area contributed by atoms with Crippen molar-refractivity contribution in [1.29, 1.82) is 0 Å². The minimum Gasteiger partial charge on any atom is -0.381 e. The van der Waals surface area contributed by atoms with Crippen LogP contribution >= 0.6 is 12.4 Å². The van der Waals surface area contributed by atoms with Gasteiger partial charge in [0.05, 0.1) is 6.10 Å². The number of allylic oxidation sites excluding steroid dienone is 2. The van der Waals surface area contributed by atoms with Crippen LogP contribution in [0, 0.1) is 5.41 Å². The van der Waals surface area contributed by atoms with Crippen LogP contribution in [-0.4, -0.2) is 63.9 Å². The number of anilines is 2. The van der Waals surface area contributed by atoms with Crippen molar-refractivity contribution in [2.75, 3.05) is 62.7 Å². The van der Waals surface area contributed by atoms with Crippen LogP contribution < -0.4 is 9.80 Å². The molecule has 0 amide bonds. The molecule has 202 valence electrons. The summed E-state index contributed by atoms with van der Waals surface area (Å²) >= 11 is 0. The minimum absolute atomic E-state index is 0. The van der Waals surface area contributed by atoms with Crippen LogP contribution in [0.3, 0.4) is 0 Å². The molecule has 2 aliphatic heterocycles. The molecule has 5 rings (SSSR count). The molecular formula is C31H50ClN3O. The van der Waals surface area contributed by atoms with E-state index in [0.29, 0.717) is 11.5 Å². The van der Waals surface area contributed by atoms with Crippen molar-refractivity contribution in [1.82, 2.24) is 4.90 Å². The average Bonchev–Trinajstić information content (AvgIpc) is 3.37. The summed E-state index contributed by atoms with van der Waals surface area (Å²) < 4.78 is 5.63. The van der Waals surface area contributed by atoms with E-state index in [-0.39, 0.29) is 12.4 Å². The van der Waals surface area contributed by atoms with Gasteiger partial charge in [-0.15, -0.1) is 12.4 Å². The molecule has 0 aromatic heterocycles. The van der Waals surface area contributed by atoms with Gasteiger partial charge in [-0.05, 0) is 87.1 Å². The fourth-order valence-electron chi connectivity index (χ4n) is 7.17. The molecule has 2 heterocycles. The smallest absolute Gasteiger partial charge is 0.0605 e. The monoisotopic (exact) mass is 515 g/mol. The highest BCUT2D eigenvalue weighted by Crippen LogP contribution is 2.50. The lowest BCUT2D eigenvalue weighted by molar-refractivity contribution is 0.0819. The summed E-state index contributed by atoms with van der Waals surface area (Å²) in [4.78, 5) is 7.97. The molecule has 0 N–H and O–H groups in total. The molecule has 3 fully saturated rings. The first kappa shape index (κ1) is 27.8. The number of piperazine rings is 1. The molecule has 0 bridgehead atoms. The SMILES string of the molecule is CCCCCN1CCN(c2ccc(N3CCC(OC)CC3)cc2C2=CCC3(CCCC3)CC2)CC1.Cl. The molecule has 0 unspecified atom stereocenters. The Morgan fingerprint density at radius 3 is 2.31 bits per heavy atom. The summed E-state index contributed by atoms with van der Waals surface area (Å²) in [5.74, 6) is 0. The highest BCUT2D eigenvalue weighted by atomic mass is 35.5. The Labute approximate surface area is 226 Å². The predicted molar refractivity (Wildman–Crippen MR) is 157 cm³/mol. The zero-order chi connectivity index (χ0) is 24.1. The van der Waals surface area contributed by atoms with E-state index in [1.165, 1.54) is 101 Å². The van der Waals surface area contributed by atoms with E-state index in [2.05, 4.69) is 45.9 Å². The number of rotatable bonds is 8. The van der Waals surface area contributed by atoms with Gasteiger partial charge in [0.15, 0.2) is 0 Å². The zero-order valence-corrected chi connectivity index (χ0v) is 23.8. The van der Waals surface area contributed by atoms with Gasteiger partial charge in [-0.2, -0.15) is 0 Å². The van der Waals surface area contributed by atoms with E-state index in [9.17, 15) is 0 Å². The Morgan fingerprint density at radius 2 is 1.67 bits per heavy atom. The van der Waals surface area contributed by atoms with Gasteiger partial charge in [0.25, 0.3) is 0 Å². The van der Waals surface area contributed by atoms with Crippen molar-refractivity contribution in [3.05, 3.63) is 29.8 Å². The van der Waals surface area contributed by atoms with E-state index in [1.807, 2.05) is 7.11 Å². The molecule has 1 aromatic rings. The number of piperidine rings is 1. The molecule has 4 nitrogen and oxygen atoms in total. The maximum Gasteiger partial charge on any atom is 0.0605 e. The first-order valence-corrected chi connectivity index (χ1v) is 14.8. The Kier molecular flexibility index (Phi) is 10.1. The van der Waals surface area contributed by atoms with E-state index in [0.717, 1.165) is 39.0 Å². The lowest BCUT2D eigenvalue weighted by atomic mass is 9.72. The van der Waals surface area contributed by atoms with E-state index in [4.69, 9.17) is 4.74 Å². The molecule has 5 heteroatoms. The molecule has 2 aliphatic carbocycles. The van der Waals surface area contributed by atoms with Crippen molar-refractivity contribution in [2.24, 2.45) is 5.41 Å². The van der Waals surface area contributed by atoms with E-state index >= 15 is 0 Å². The van der Waals surface area contributed by atoms with Crippen LogP contribution in [0.25, 0.3) is 5.57 Å². The quantitative estimate of drug-likeness (QED) is 0.342. The first-order valence-electron chi connectivity index (χ1n) is 14.8. The molecule has 4 aliphatic rings. The van der Waals surface area contributed by atoms with Crippen LogP contribution in [0.5, 0.6) is 0 Å². The number of unbranched alkanes of at least 4 members (excludes halogenated alkanes) is 2. The van der Waals surface area contributed by atoms with Crippen molar-refractivity contribution in [2.45, 2.75) is 90.1 Å². The lowest BCUT2D eigenvalue weighted by Gasteiger charge is -2.39. The summed E-state index contributed by atoms with van der Waals surface area (Å²) in [6.45, 7) is 10.5. The van der Waals surface area contributed by atoms with E-state index in [1.54, 1.807) is 5.57 Å². The third kappa shape index (κ3) is 6.42. The number of ether oxygens (including phenoxy) is 1. The second-order valence-electron chi connectivity index (χ2n) is 11.8. The van der Waals surface area contributed by atoms with Gasteiger partial charge in [0.1, 0.15) is 0 Å². The molecule has 1 saturated carbocycles. The maximum absolute atomic E-state index is 5.63. The molecular weight excluding hydrogens is 466 g/mol. The van der Waals surface area contributed by atoms with Crippen molar-refractivity contribution < 1.29 is 4.74 Å². The Morgan fingerprint density at radius 1 is 0.917 bits per heavy atom. The lowest BCUT2D eigenvalue weighted by Crippen LogP contribution is -2.47. The summed E-state index contributed by atoms with van der Waals surface area (Å²) in [7, 11) is 1.86. The maximum atomic E-state index is 5.63. The number of hydrogen-bond acceptors (Lipinski definition) is 4. The Bertz CT molecular complexity index is 849. The topological polar surface area (TPSA) is 19.0 Å². The zero-order valence-electron chi connectivity index (χ0n) is 23.0. The number of halogens is 1. The van der Waals surface area contributed by atoms with Crippen molar-refractivity contribution in [3.8, 4) is 0 Å². The fraction of sp³-hybridized carbons (Fsp3) is 0.742. The van der Waals surface area contributed by atoms with Crippen LogP contribution in [0.15, 0.2) is 24.3 Å². The first-order chi connectivity index (χ1) is 17.2. The highest BCUT2D eigenvalue weighted by molar-refractivity contribution is 5.85. The molecule has 2 saturated heterocycles. The summed E-state index contributed by atoms with van der Waals surface area (Å²) in [6, 6.07) is 7.41. The third-order valence-corrected chi connectivity index (χ3v) is 9.63. The second-order valence-corrected chi connectivity index (χ2v) is 11.8. The third-order valence-electron chi connectivity index (χ3n) is 9.63. The fourth-order valence-corrected chi connectivity index (χ4v) is 7.17. The van der Waals surface area contributed by atoms with Gasteiger partial charge in [-0.1, -0.05) is 38.7 Å². The van der Waals surface area contributed by atoms with Crippen LogP contribution in [0.1, 0.15) is 89.5 Å². The molecule has 1 aromatic carbocycles. The predicted octanol–water partition coefficient (Wildman–Crippen LogP) is 7.16. The van der Waals surface area contributed by atoms with Gasteiger partial charge in [0, 0.05) is 63.3 Å². The normalized spacial score (nSPS) is 23.1. The second kappa shape index (κ2) is 13.0. The van der Waals surface area contributed by atoms with Crippen LogP contribution in [-0.2, 0) is 4.74 Å². The largest absolute Gasteiger partial charge is 0.381 e. The van der Waals surface area contributed by atoms with Crippen LogP contribution in [0.4, 0.5) is 11.4 Å². The van der Waals surface area contributed by atoms with E-state index < -0.39 is 0 Å². The number of hydrogen-bond donors (Lipinski definition) is 0. The molecule has 1 spiro atoms. The standard InChI is InChI=1S/C31H49N3O.ClH/c1-3-4-7-18-32-21-23-34(24-22-32)30-9-8-27(33-19-12-28(35-2)13-20-33)25-29(30)26-10-16-31(17-11-26)14-5-6-15-31;/h8-10,25,28H,3-7,11-24H2,1-2H3;1H. The molecule has 0 atom stereocenters. The van der Waals surface area contributed by atoms with Gasteiger partial charge < -0.3 is 14.5 Å². The van der Waals surface area contributed by atoms with Gasteiger partial charge >= 0.3 is 0 Å². The minimum atomic E-state index is 0. The van der Waals surface area contributed by atoms with Gasteiger partial charge in [-0.3, -0.25) is 4.90 Å². The van der Waals surface area contributed by atoms with Gasteiger partial charge in [0.2, 0.25) is 0 Å². The summed E-state index contributed by atoms with van der Waals surface area (Å²) in [5, 5.41) is 0. The van der Waals surface area contributed by atoms with Crippen LogP contribution in [0.2, 0.25) is 0 Å². The summed E-state index contributed by atoms with van der Waals surface area (Å²) in [6.07, 6.45) is 19.2. The highest BCUT2D eigenvalue weighted by Gasteiger charge is 2.35. The summed E-state index contributed by atoms with van der Waals surface area (Å²) in [5.41, 5.74) is 6.69. The number of nitrogens with zero attached hydrogens (tertiary/aromatic N) is 3. The number of methoxy groups -OCH3 is 1. The van der Waals surface area contributed by atoms with Crippen molar-refractivity contribution >= 4 is 29.4 Å². The Hall–Kier alpha value is -1.23. The van der Waals surface area contributed by atoms with Gasteiger partial charge in [-0.25, -0.2) is 0 Å².